The second-order valence-corrected chi connectivity index (χ2v) is 9.00. The predicted molar refractivity (Wildman–Crippen MR) is 126 cm³/mol. The molecular formula is C24H24Cl2N2O5. The fourth-order valence-corrected chi connectivity index (χ4v) is 4.35. The minimum Gasteiger partial charge on any atom is -0.507 e. The van der Waals surface area contributed by atoms with E-state index in [4.69, 9.17) is 32.7 Å². The summed E-state index contributed by atoms with van der Waals surface area (Å²) in [4.78, 5) is 29.6. The highest BCUT2D eigenvalue weighted by molar-refractivity contribution is 6.46. The molecule has 1 N–H and O–H groups in total. The molecule has 2 heterocycles. The Morgan fingerprint density at radius 3 is 2.48 bits per heavy atom. The van der Waals surface area contributed by atoms with Crippen molar-refractivity contribution in [2.24, 2.45) is 0 Å². The number of carbonyl (C=O) groups excluding carboxylic acids is 2. The summed E-state index contributed by atoms with van der Waals surface area (Å²) in [5, 5.41) is 11.9. The zero-order valence-corrected chi connectivity index (χ0v) is 19.8. The number of hydrogen-bond donors (Lipinski definition) is 1. The van der Waals surface area contributed by atoms with Crippen LogP contribution in [0.5, 0.6) is 11.5 Å². The van der Waals surface area contributed by atoms with Gasteiger partial charge >= 0.3 is 0 Å². The maximum Gasteiger partial charge on any atom is 0.295 e. The Labute approximate surface area is 202 Å². The Balaban J connectivity index is 1.80. The van der Waals surface area contributed by atoms with Crippen molar-refractivity contribution >= 4 is 40.7 Å². The topological polar surface area (TPSA) is 79.3 Å². The quantitative estimate of drug-likeness (QED) is 0.372. The van der Waals surface area contributed by atoms with E-state index >= 15 is 0 Å². The molecule has 7 nitrogen and oxygen atoms in total. The van der Waals surface area contributed by atoms with E-state index in [1.807, 2.05) is 19.0 Å². The Morgan fingerprint density at radius 2 is 1.79 bits per heavy atom. The standard InChI is InChI=1S/C24H24Cl2N2O5/c1-27(2)8-3-9-28-21(14-4-6-16(25)17(26)12-14)20(23(30)24(28)31)22(29)15-5-7-18-19(13-15)33-11-10-32-18/h4-7,12-13,21,29H,3,8-11H2,1-2H3/t21-/m0/s1. The molecule has 1 saturated heterocycles. The van der Waals surface area contributed by atoms with Crippen LogP contribution in [0.1, 0.15) is 23.6 Å². The van der Waals surface area contributed by atoms with Crippen molar-refractivity contribution < 1.29 is 24.2 Å². The number of ether oxygens (including phenoxy) is 2. The van der Waals surface area contributed by atoms with Gasteiger partial charge in [0.05, 0.1) is 21.7 Å². The highest BCUT2D eigenvalue weighted by Gasteiger charge is 2.46. The maximum atomic E-state index is 13.1. The number of halogens is 2. The van der Waals surface area contributed by atoms with Gasteiger partial charge in [0.25, 0.3) is 11.7 Å². The molecule has 2 aromatic carbocycles. The molecule has 1 atom stereocenters. The van der Waals surface area contributed by atoms with Crippen LogP contribution in [-0.4, -0.2) is 67.0 Å². The van der Waals surface area contributed by atoms with E-state index in [2.05, 4.69) is 0 Å². The van der Waals surface area contributed by atoms with Gasteiger partial charge in [-0.1, -0.05) is 29.3 Å². The molecule has 0 aliphatic carbocycles. The molecule has 1 amide bonds. The molecule has 33 heavy (non-hydrogen) atoms. The Hall–Kier alpha value is -2.74. The summed E-state index contributed by atoms with van der Waals surface area (Å²) < 4.78 is 11.1. The number of aliphatic hydroxyl groups is 1. The Kier molecular flexibility index (Phi) is 6.83. The van der Waals surface area contributed by atoms with Crippen molar-refractivity contribution in [3.05, 3.63) is 63.1 Å². The van der Waals surface area contributed by atoms with E-state index in [0.29, 0.717) is 58.9 Å². The lowest BCUT2D eigenvalue weighted by Crippen LogP contribution is -2.32. The second kappa shape index (κ2) is 9.63. The first-order valence-corrected chi connectivity index (χ1v) is 11.3. The second-order valence-electron chi connectivity index (χ2n) is 8.18. The average Bonchev–Trinajstić information content (AvgIpc) is 3.05. The third-order valence-corrected chi connectivity index (χ3v) is 6.36. The molecule has 2 aliphatic rings. The normalized spacial score (nSPS) is 19.4. The summed E-state index contributed by atoms with van der Waals surface area (Å²) in [5.74, 6) is -0.664. The molecule has 0 radical (unpaired) electrons. The lowest BCUT2D eigenvalue weighted by atomic mass is 9.95. The van der Waals surface area contributed by atoms with Gasteiger partial charge in [-0.3, -0.25) is 9.59 Å². The van der Waals surface area contributed by atoms with E-state index in [1.54, 1.807) is 36.4 Å². The molecule has 174 valence electrons. The van der Waals surface area contributed by atoms with E-state index in [1.165, 1.54) is 4.90 Å². The minimum absolute atomic E-state index is 0.0000741. The number of likely N-dealkylation sites (tertiary alicyclic amines) is 1. The zero-order chi connectivity index (χ0) is 23.7. The third-order valence-electron chi connectivity index (χ3n) is 5.62. The number of rotatable bonds is 6. The number of ketones is 1. The molecule has 0 saturated carbocycles. The summed E-state index contributed by atoms with van der Waals surface area (Å²) in [5.41, 5.74) is 0.947. The maximum absolute atomic E-state index is 13.1. The van der Waals surface area contributed by atoms with Crippen molar-refractivity contribution in [3.8, 4) is 11.5 Å². The number of nitrogens with zero attached hydrogens (tertiary/aromatic N) is 2. The Bertz CT molecular complexity index is 1130. The van der Waals surface area contributed by atoms with Crippen molar-refractivity contribution in [2.45, 2.75) is 12.5 Å². The smallest absolute Gasteiger partial charge is 0.295 e. The number of fused-ring (bicyclic) bond motifs is 1. The first-order valence-electron chi connectivity index (χ1n) is 10.6. The van der Waals surface area contributed by atoms with Crippen molar-refractivity contribution in [3.63, 3.8) is 0 Å². The van der Waals surface area contributed by atoms with Crippen LogP contribution in [0, 0.1) is 0 Å². The first kappa shape index (κ1) is 23.4. The molecule has 0 unspecified atom stereocenters. The van der Waals surface area contributed by atoms with E-state index in [9.17, 15) is 14.7 Å². The van der Waals surface area contributed by atoms with Crippen LogP contribution in [0.4, 0.5) is 0 Å². The lowest BCUT2D eigenvalue weighted by molar-refractivity contribution is -0.139. The summed E-state index contributed by atoms with van der Waals surface area (Å²) in [6.45, 7) is 1.90. The van der Waals surface area contributed by atoms with Crippen LogP contribution in [0.15, 0.2) is 42.0 Å². The fraction of sp³-hybridized carbons (Fsp3) is 0.333. The van der Waals surface area contributed by atoms with Gasteiger partial charge in [-0.25, -0.2) is 0 Å². The summed E-state index contributed by atoms with van der Waals surface area (Å²) in [6.07, 6.45) is 0.655. The zero-order valence-electron chi connectivity index (χ0n) is 18.3. The molecule has 0 aromatic heterocycles. The largest absolute Gasteiger partial charge is 0.507 e. The van der Waals surface area contributed by atoms with Crippen LogP contribution in [0.3, 0.4) is 0 Å². The summed E-state index contributed by atoms with van der Waals surface area (Å²) in [7, 11) is 3.87. The van der Waals surface area contributed by atoms with Crippen LogP contribution in [0.25, 0.3) is 5.76 Å². The van der Waals surface area contributed by atoms with E-state index in [-0.39, 0.29) is 11.3 Å². The van der Waals surface area contributed by atoms with Crippen LogP contribution >= 0.6 is 23.2 Å². The molecule has 2 aromatic rings. The molecule has 0 spiro atoms. The summed E-state index contributed by atoms with van der Waals surface area (Å²) >= 11 is 12.3. The number of aliphatic hydroxyl groups excluding tert-OH is 1. The average molecular weight is 491 g/mol. The van der Waals surface area contributed by atoms with Gasteiger partial charge in [0.2, 0.25) is 0 Å². The molecule has 2 aliphatic heterocycles. The van der Waals surface area contributed by atoms with Gasteiger partial charge in [0.1, 0.15) is 19.0 Å². The molecular weight excluding hydrogens is 467 g/mol. The highest BCUT2D eigenvalue weighted by atomic mass is 35.5. The fourth-order valence-electron chi connectivity index (χ4n) is 4.04. The molecule has 4 rings (SSSR count). The van der Waals surface area contributed by atoms with Gasteiger partial charge < -0.3 is 24.4 Å². The number of hydrogen-bond acceptors (Lipinski definition) is 6. The number of benzene rings is 2. The van der Waals surface area contributed by atoms with Gasteiger partial charge in [-0.15, -0.1) is 0 Å². The lowest BCUT2D eigenvalue weighted by Gasteiger charge is -2.26. The van der Waals surface area contributed by atoms with Crippen molar-refractivity contribution in [2.75, 3.05) is 40.4 Å². The van der Waals surface area contributed by atoms with E-state index in [0.717, 1.165) is 6.54 Å². The number of carbonyl (C=O) groups is 2. The first-order chi connectivity index (χ1) is 15.8. The van der Waals surface area contributed by atoms with Crippen molar-refractivity contribution in [1.82, 2.24) is 9.80 Å². The SMILES string of the molecule is CN(C)CCCN1C(=O)C(=O)C(=C(O)c2ccc3c(c2)OCCO3)[C@@H]1c1ccc(Cl)c(Cl)c1. The van der Waals surface area contributed by atoms with Crippen LogP contribution < -0.4 is 9.47 Å². The number of amides is 1. The van der Waals surface area contributed by atoms with Gasteiger partial charge in [-0.2, -0.15) is 0 Å². The van der Waals surface area contributed by atoms with Gasteiger partial charge in [0.15, 0.2) is 11.5 Å². The van der Waals surface area contributed by atoms with E-state index < -0.39 is 17.7 Å². The van der Waals surface area contributed by atoms with Crippen molar-refractivity contribution in [1.29, 1.82) is 0 Å². The monoisotopic (exact) mass is 490 g/mol. The summed E-state index contributed by atoms with van der Waals surface area (Å²) in [6, 6.07) is 9.06. The molecule has 1 fully saturated rings. The predicted octanol–water partition coefficient (Wildman–Crippen LogP) is 4.14. The van der Waals surface area contributed by atoms with Crippen LogP contribution in [0.2, 0.25) is 10.0 Å². The molecule has 9 heteroatoms. The number of Topliss-reactive ketones (excluding diaryl/α,β-unsaturated/α-hetero) is 1. The molecule has 0 bridgehead atoms. The van der Waals surface area contributed by atoms with Gasteiger partial charge in [0, 0.05) is 12.1 Å². The minimum atomic E-state index is -0.796. The van der Waals surface area contributed by atoms with Crippen LogP contribution in [-0.2, 0) is 9.59 Å². The highest BCUT2D eigenvalue weighted by Crippen LogP contribution is 2.42. The Morgan fingerprint density at radius 1 is 1.06 bits per heavy atom. The van der Waals surface area contributed by atoms with Gasteiger partial charge in [-0.05, 0) is 63.0 Å². The third kappa shape index (κ3) is 4.67.